The fourth-order valence-electron chi connectivity index (χ4n) is 3.40. The van der Waals surface area contributed by atoms with Gasteiger partial charge in [-0.05, 0) is 25.0 Å². The van der Waals surface area contributed by atoms with Crippen molar-refractivity contribution in [3.8, 4) is 0 Å². The Balaban J connectivity index is 1.35. The molecule has 0 spiro atoms. The second-order valence-electron chi connectivity index (χ2n) is 6.33. The summed E-state index contributed by atoms with van der Waals surface area (Å²) < 4.78 is 5.38. The number of benzene rings is 1. The van der Waals surface area contributed by atoms with Crippen LogP contribution in [0.15, 0.2) is 36.4 Å². The fourth-order valence-corrected chi connectivity index (χ4v) is 3.40. The Labute approximate surface area is 135 Å². The lowest BCUT2D eigenvalue weighted by Crippen LogP contribution is -2.56. The number of fused-ring (bicyclic) bond motifs is 1. The normalized spacial score (nSPS) is 25.0. The number of morpholine rings is 1. The van der Waals surface area contributed by atoms with Crippen molar-refractivity contribution in [2.75, 3.05) is 26.3 Å². The lowest BCUT2D eigenvalue weighted by atomic mass is 9.85. The molecule has 0 atom stereocenters. The van der Waals surface area contributed by atoms with Gasteiger partial charge in [0, 0.05) is 30.6 Å². The zero-order valence-corrected chi connectivity index (χ0v) is 13.1. The second-order valence-corrected chi connectivity index (χ2v) is 6.33. The van der Waals surface area contributed by atoms with Crippen molar-refractivity contribution in [2.45, 2.75) is 24.9 Å². The molecule has 2 heterocycles. The molecular weight excluding hydrogens is 290 g/mol. The van der Waals surface area contributed by atoms with E-state index in [1.54, 1.807) is 6.07 Å². The van der Waals surface area contributed by atoms with E-state index in [0.29, 0.717) is 11.7 Å². The van der Waals surface area contributed by atoms with Crippen LogP contribution < -0.4 is 5.32 Å². The van der Waals surface area contributed by atoms with E-state index in [1.807, 2.05) is 30.3 Å². The lowest BCUT2D eigenvalue weighted by molar-refractivity contribution is -0.00951. The van der Waals surface area contributed by atoms with Crippen molar-refractivity contribution >= 4 is 16.8 Å². The number of amides is 1. The van der Waals surface area contributed by atoms with Crippen molar-refractivity contribution in [1.82, 2.24) is 15.2 Å². The van der Waals surface area contributed by atoms with Gasteiger partial charge in [0.15, 0.2) is 0 Å². The average molecular weight is 311 g/mol. The predicted octanol–water partition coefficient (Wildman–Crippen LogP) is 1.83. The molecule has 1 aromatic heterocycles. The number of nitrogens with zero attached hydrogens (tertiary/aromatic N) is 2. The van der Waals surface area contributed by atoms with Crippen molar-refractivity contribution in [2.24, 2.45) is 0 Å². The van der Waals surface area contributed by atoms with E-state index in [2.05, 4.69) is 15.2 Å². The molecule has 0 unspecified atom stereocenters. The van der Waals surface area contributed by atoms with Gasteiger partial charge in [-0.15, -0.1) is 0 Å². The van der Waals surface area contributed by atoms with Crippen molar-refractivity contribution < 1.29 is 9.53 Å². The largest absolute Gasteiger partial charge is 0.379 e. The van der Waals surface area contributed by atoms with Crippen LogP contribution in [0.4, 0.5) is 0 Å². The van der Waals surface area contributed by atoms with Crippen LogP contribution in [-0.2, 0) is 4.74 Å². The van der Waals surface area contributed by atoms with Crippen LogP contribution in [-0.4, -0.2) is 54.2 Å². The number of pyridine rings is 1. The summed E-state index contributed by atoms with van der Waals surface area (Å²) in [5.74, 6) is -0.0684. The molecule has 1 saturated heterocycles. The number of carbonyl (C=O) groups is 1. The number of carbonyl (C=O) groups excluding carboxylic acids is 1. The van der Waals surface area contributed by atoms with Gasteiger partial charge < -0.3 is 10.1 Å². The Morgan fingerprint density at radius 2 is 1.91 bits per heavy atom. The molecule has 1 amide bonds. The fraction of sp³-hybridized carbons (Fsp3) is 0.444. The van der Waals surface area contributed by atoms with Gasteiger partial charge in [-0.25, -0.2) is 4.98 Å². The van der Waals surface area contributed by atoms with E-state index in [4.69, 9.17) is 4.74 Å². The van der Waals surface area contributed by atoms with E-state index >= 15 is 0 Å². The monoisotopic (exact) mass is 311 g/mol. The van der Waals surface area contributed by atoms with Crippen LogP contribution in [0.2, 0.25) is 0 Å². The molecule has 2 fully saturated rings. The first kappa shape index (κ1) is 14.6. The maximum absolute atomic E-state index is 12.4. The molecule has 5 heteroatoms. The Morgan fingerprint density at radius 3 is 2.74 bits per heavy atom. The standard InChI is InChI=1S/C18H21N3O2/c22-18(17-6-5-13-3-1-2-4-16(13)20-17)19-14-11-15(12-14)21-7-9-23-10-8-21/h1-6,14-15H,7-12H2,(H,19,22). The number of aromatic nitrogens is 1. The minimum atomic E-state index is -0.0684. The van der Waals surface area contributed by atoms with Crippen LogP contribution in [0.3, 0.4) is 0 Å². The Hall–Kier alpha value is -1.98. The summed E-state index contributed by atoms with van der Waals surface area (Å²) in [5, 5.41) is 4.16. The van der Waals surface area contributed by atoms with Crippen molar-refractivity contribution in [3.63, 3.8) is 0 Å². The highest BCUT2D eigenvalue weighted by Gasteiger charge is 2.35. The Bertz CT molecular complexity index is 706. The molecule has 1 aliphatic heterocycles. The molecule has 0 radical (unpaired) electrons. The van der Waals surface area contributed by atoms with E-state index < -0.39 is 0 Å². The zero-order chi connectivity index (χ0) is 15.6. The van der Waals surface area contributed by atoms with Gasteiger partial charge in [0.2, 0.25) is 0 Å². The average Bonchev–Trinajstić information content (AvgIpc) is 2.58. The molecule has 1 aliphatic carbocycles. The third-order valence-electron chi connectivity index (χ3n) is 4.84. The minimum absolute atomic E-state index is 0.0684. The van der Waals surface area contributed by atoms with Gasteiger partial charge in [-0.2, -0.15) is 0 Å². The molecule has 5 nitrogen and oxygen atoms in total. The first-order valence-electron chi connectivity index (χ1n) is 8.28. The Morgan fingerprint density at radius 1 is 1.13 bits per heavy atom. The third kappa shape index (κ3) is 3.07. The summed E-state index contributed by atoms with van der Waals surface area (Å²) >= 11 is 0. The molecule has 120 valence electrons. The third-order valence-corrected chi connectivity index (χ3v) is 4.84. The van der Waals surface area contributed by atoms with Crippen LogP contribution in [0.1, 0.15) is 23.3 Å². The highest BCUT2D eigenvalue weighted by Crippen LogP contribution is 2.26. The molecule has 1 N–H and O–H groups in total. The molecule has 1 aromatic carbocycles. The van der Waals surface area contributed by atoms with Crippen LogP contribution in [0, 0.1) is 0 Å². The van der Waals surface area contributed by atoms with Crippen molar-refractivity contribution in [3.05, 3.63) is 42.1 Å². The molecule has 23 heavy (non-hydrogen) atoms. The molecule has 2 aliphatic rings. The number of ether oxygens (including phenoxy) is 1. The summed E-state index contributed by atoms with van der Waals surface area (Å²) in [6, 6.07) is 12.5. The van der Waals surface area contributed by atoms with Gasteiger partial charge in [0.1, 0.15) is 5.69 Å². The summed E-state index contributed by atoms with van der Waals surface area (Å²) in [7, 11) is 0. The van der Waals surface area contributed by atoms with Crippen LogP contribution in [0.5, 0.6) is 0 Å². The molecule has 0 bridgehead atoms. The SMILES string of the molecule is O=C(NC1CC(N2CCOCC2)C1)c1ccc2ccccc2n1. The summed E-state index contributed by atoms with van der Waals surface area (Å²) in [5.41, 5.74) is 1.36. The van der Waals surface area contributed by atoms with Crippen molar-refractivity contribution in [1.29, 1.82) is 0 Å². The first-order chi connectivity index (χ1) is 11.3. The number of rotatable bonds is 3. The van der Waals surface area contributed by atoms with Gasteiger partial charge in [0.05, 0.1) is 18.7 Å². The maximum Gasteiger partial charge on any atom is 0.270 e. The maximum atomic E-state index is 12.4. The molecule has 4 rings (SSSR count). The van der Waals surface area contributed by atoms with E-state index in [-0.39, 0.29) is 11.9 Å². The number of para-hydroxylation sites is 1. The van der Waals surface area contributed by atoms with Crippen LogP contribution in [0.25, 0.3) is 10.9 Å². The highest BCUT2D eigenvalue weighted by molar-refractivity contribution is 5.95. The summed E-state index contributed by atoms with van der Waals surface area (Å²) in [6.45, 7) is 3.68. The van der Waals surface area contributed by atoms with Crippen LogP contribution >= 0.6 is 0 Å². The van der Waals surface area contributed by atoms with Gasteiger partial charge in [-0.1, -0.05) is 24.3 Å². The first-order valence-corrected chi connectivity index (χ1v) is 8.28. The number of hydrogen-bond donors (Lipinski definition) is 1. The molecule has 2 aromatic rings. The smallest absolute Gasteiger partial charge is 0.270 e. The second kappa shape index (κ2) is 6.26. The van der Waals surface area contributed by atoms with E-state index in [1.165, 1.54) is 0 Å². The highest BCUT2D eigenvalue weighted by atomic mass is 16.5. The Kier molecular flexibility index (Phi) is 3.97. The summed E-state index contributed by atoms with van der Waals surface area (Å²) in [4.78, 5) is 19.3. The van der Waals surface area contributed by atoms with Gasteiger partial charge in [-0.3, -0.25) is 9.69 Å². The zero-order valence-electron chi connectivity index (χ0n) is 13.1. The number of hydrogen-bond acceptors (Lipinski definition) is 4. The summed E-state index contributed by atoms with van der Waals surface area (Å²) in [6.07, 6.45) is 2.05. The van der Waals surface area contributed by atoms with Gasteiger partial charge >= 0.3 is 0 Å². The van der Waals surface area contributed by atoms with E-state index in [0.717, 1.165) is 50.0 Å². The van der Waals surface area contributed by atoms with E-state index in [9.17, 15) is 4.79 Å². The topological polar surface area (TPSA) is 54.5 Å². The number of nitrogens with one attached hydrogen (secondary N) is 1. The molecule has 1 saturated carbocycles. The predicted molar refractivity (Wildman–Crippen MR) is 88.4 cm³/mol. The lowest BCUT2D eigenvalue weighted by Gasteiger charge is -2.44. The van der Waals surface area contributed by atoms with Gasteiger partial charge in [0.25, 0.3) is 5.91 Å². The minimum Gasteiger partial charge on any atom is -0.379 e. The quantitative estimate of drug-likeness (QED) is 0.939. The molecular formula is C18H21N3O2.